The lowest BCUT2D eigenvalue weighted by Crippen LogP contribution is -2.42. The van der Waals surface area contributed by atoms with E-state index in [1.165, 1.54) is 10.6 Å². The third kappa shape index (κ3) is 6.64. The van der Waals surface area contributed by atoms with Crippen molar-refractivity contribution in [1.29, 1.82) is 0 Å². The molecule has 1 aliphatic rings. The number of nitrogens with zero attached hydrogens (tertiary/aromatic N) is 1. The van der Waals surface area contributed by atoms with Crippen molar-refractivity contribution in [2.75, 3.05) is 31.6 Å². The third-order valence-electron chi connectivity index (χ3n) is 4.09. The average molecular weight is 425 g/mol. The minimum absolute atomic E-state index is 0.0169. The Morgan fingerprint density at radius 2 is 1.96 bits per heavy atom. The summed E-state index contributed by atoms with van der Waals surface area (Å²) in [4.78, 5) is 12.1. The molecule has 9 heteroatoms. The van der Waals surface area contributed by atoms with E-state index in [1.54, 1.807) is 17.8 Å². The van der Waals surface area contributed by atoms with Gasteiger partial charge in [-0.15, -0.1) is 0 Å². The van der Waals surface area contributed by atoms with E-state index in [0.29, 0.717) is 42.5 Å². The molecule has 5 nitrogen and oxygen atoms in total. The predicted molar refractivity (Wildman–Crippen MR) is 105 cm³/mol. The zero-order chi connectivity index (χ0) is 18.4. The maximum absolute atomic E-state index is 12.1. The van der Waals surface area contributed by atoms with Gasteiger partial charge in [0, 0.05) is 37.1 Å². The Morgan fingerprint density at radius 1 is 1.28 bits per heavy atom. The third-order valence-corrected chi connectivity index (χ3v) is 7.16. The SMILES string of the molecule is CS(=O)(=O)N1CCC(C(=O)NCCSCc2ccc(Cl)c(Cl)c2)CC1. The quantitative estimate of drug-likeness (QED) is 0.682. The number of rotatable bonds is 7. The van der Waals surface area contributed by atoms with Gasteiger partial charge in [-0.2, -0.15) is 11.8 Å². The van der Waals surface area contributed by atoms with E-state index in [1.807, 2.05) is 12.1 Å². The molecule has 1 fully saturated rings. The van der Waals surface area contributed by atoms with Crippen LogP contribution in [0.2, 0.25) is 10.0 Å². The van der Waals surface area contributed by atoms with Crippen molar-refractivity contribution < 1.29 is 13.2 Å². The first-order chi connectivity index (χ1) is 11.8. The topological polar surface area (TPSA) is 66.5 Å². The number of halogens is 2. The Kier molecular flexibility index (Phi) is 7.89. The van der Waals surface area contributed by atoms with Gasteiger partial charge in [0.1, 0.15) is 0 Å². The zero-order valence-electron chi connectivity index (χ0n) is 14.0. The smallest absolute Gasteiger partial charge is 0.223 e. The molecule has 1 aromatic rings. The number of hydrogen-bond donors (Lipinski definition) is 1. The lowest BCUT2D eigenvalue weighted by atomic mass is 9.97. The normalized spacial score (nSPS) is 16.8. The number of carbonyl (C=O) groups excluding carboxylic acids is 1. The molecule has 0 saturated carbocycles. The molecule has 2 rings (SSSR count). The summed E-state index contributed by atoms with van der Waals surface area (Å²) >= 11 is 13.6. The molecule has 1 heterocycles. The summed E-state index contributed by atoms with van der Waals surface area (Å²) < 4.78 is 24.4. The molecule has 0 radical (unpaired) electrons. The van der Waals surface area contributed by atoms with Crippen LogP contribution in [0.1, 0.15) is 18.4 Å². The molecule has 0 aromatic heterocycles. The monoisotopic (exact) mass is 424 g/mol. The van der Waals surface area contributed by atoms with Crippen molar-refractivity contribution in [3.63, 3.8) is 0 Å². The number of amides is 1. The number of nitrogens with one attached hydrogen (secondary N) is 1. The molecule has 0 unspecified atom stereocenters. The van der Waals surface area contributed by atoms with Crippen LogP contribution >= 0.6 is 35.0 Å². The van der Waals surface area contributed by atoms with Crippen LogP contribution in [-0.4, -0.2) is 50.3 Å². The highest BCUT2D eigenvalue weighted by atomic mass is 35.5. The van der Waals surface area contributed by atoms with Gasteiger partial charge >= 0.3 is 0 Å². The summed E-state index contributed by atoms with van der Waals surface area (Å²) in [6, 6.07) is 5.57. The summed E-state index contributed by atoms with van der Waals surface area (Å²) in [5.41, 5.74) is 1.10. The molecule has 0 spiro atoms. The first-order valence-electron chi connectivity index (χ1n) is 8.02. The van der Waals surface area contributed by atoms with Gasteiger partial charge < -0.3 is 5.32 Å². The van der Waals surface area contributed by atoms with Crippen LogP contribution in [0.3, 0.4) is 0 Å². The van der Waals surface area contributed by atoms with Crippen LogP contribution < -0.4 is 5.32 Å². The molecule has 0 bridgehead atoms. The lowest BCUT2D eigenvalue weighted by Gasteiger charge is -2.29. The fourth-order valence-electron chi connectivity index (χ4n) is 2.66. The Labute approximate surface area is 163 Å². The summed E-state index contributed by atoms with van der Waals surface area (Å²) in [5.74, 6) is 1.52. The first-order valence-corrected chi connectivity index (χ1v) is 11.8. The van der Waals surface area contributed by atoms with Gasteiger partial charge in [0.25, 0.3) is 0 Å². The van der Waals surface area contributed by atoms with Crippen molar-refractivity contribution in [1.82, 2.24) is 9.62 Å². The minimum Gasteiger partial charge on any atom is -0.355 e. The fraction of sp³-hybridized carbons (Fsp3) is 0.562. The van der Waals surface area contributed by atoms with Crippen LogP contribution in [0.4, 0.5) is 0 Å². The molecular formula is C16H22Cl2N2O3S2. The molecule has 1 N–H and O–H groups in total. The van der Waals surface area contributed by atoms with E-state index in [2.05, 4.69) is 5.32 Å². The molecule has 0 aliphatic carbocycles. The van der Waals surface area contributed by atoms with Gasteiger partial charge in [-0.25, -0.2) is 12.7 Å². The summed E-state index contributed by atoms with van der Waals surface area (Å²) in [5, 5.41) is 4.03. The minimum atomic E-state index is -3.15. The highest BCUT2D eigenvalue weighted by molar-refractivity contribution is 7.98. The van der Waals surface area contributed by atoms with Gasteiger partial charge in [0.05, 0.1) is 16.3 Å². The number of piperidine rings is 1. The lowest BCUT2D eigenvalue weighted by molar-refractivity contribution is -0.125. The van der Waals surface area contributed by atoms with Crippen LogP contribution in [0.15, 0.2) is 18.2 Å². The Bertz CT molecular complexity index is 705. The summed E-state index contributed by atoms with van der Waals surface area (Å²) in [7, 11) is -3.15. The van der Waals surface area contributed by atoms with E-state index >= 15 is 0 Å². The van der Waals surface area contributed by atoms with E-state index < -0.39 is 10.0 Å². The zero-order valence-corrected chi connectivity index (χ0v) is 17.1. The second kappa shape index (κ2) is 9.46. The molecule has 1 aromatic carbocycles. The number of thioether (sulfide) groups is 1. The molecule has 1 aliphatic heterocycles. The van der Waals surface area contributed by atoms with Gasteiger partial charge in [0.2, 0.25) is 15.9 Å². The predicted octanol–water partition coefficient (Wildman–Crippen LogP) is 3.01. The number of benzene rings is 1. The number of sulfonamides is 1. The van der Waals surface area contributed by atoms with Crippen LogP contribution in [0, 0.1) is 5.92 Å². The Morgan fingerprint density at radius 3 is 2.56 bits per heavy atom. The van der Waals surface area contributed by atoms with Gasteiger partial charge in [-0.3, -0.25) is 4.79 Å². The van der Waals surface area contributed by atoms with E-state index in [0.717, 1.165) is 17.1 Å². The van der Waals surface area contributed by atoms with Crippen molar-refractivity contribution in [3.05, 3.63) is 33.8 Å². The number of carbonyl (C=O) groups is 1. The second-order valence-corrected chi connectivity index (χ2v) is 9.93. The molecule has 25 heavy (non-hydrogen) atoms. The molecular weight excluding hydrogens is 403 g/mol. The Hall–Kier alpha value is -0.470. The second-order valence-electron chi connectivity index (χ2n) is 6.03. The van der Waals surface area contributed by atoms with Crippen molar-refractivity contribution in [3.8, 4) is 0 Å². The summed E-state index contributed by atoms with van der Waals surface area (Å²) in [6.45, 7) is 1.43. The highest BCUT2D eigenvalue weighted by Crippen LogP contribution is 2.24. The fourth-order valence-corrected chi connectivity index (χ4v) is 4.66. The maximum Gasteiger partial charge on any atom is 0.223 e. The molecule has 0 atom stereocenters. The molecule has 1 saturated heterocycles. The largest absolute Gasteiger partial charge is 0.355 e. The van der Waals surface area contributed by atoms with E-state index in [4.69, 9.17) is 23.2 Å². The van der Waals surface area contributed by atoms with Crippen LogP contribution in [0.5, 0.6) is 0 Å². The van der Waals surface area contributed by atoms with Crippen molar-refractivity contribution >= 4 is 50.9 Å². The van der Waals surface area contributed by atoms with Crippen LogP contribution in [0.25, 0.3) is 0 Å². The first kappa shape index (κ1) is 20.8. The van der Waals surface area contributed by atoms with Crippen molar-refractivity contribution in [2.45, 2.75) is 18.6 Å². The maximum atomic E-state index is 12.1. The number of hydrogen-bond acceptors (Lipinski definition) is 4. The molecule has 140 valence electrons. The van der Waals surface area contributed by atoms with E-state index in [-0.39, 0.29) is 11.8 Å². The van der Waals surface area contributed by atoms with Crippen molar-refractivity contribution in [2.24, 2.45) is 5.92 Å². The van der Waals surface area contributed by atoms with Gasteiger partial charge in [-0.05, 0) is 30.5 Å². The highest BCUT2D eigenvalue weighted by Gasteiger charge is 2.28. The average Bonchev–Trinajstić information content (AvgIpc) is 2.57. The Balaban J connectivity index is 1.63. The standard InChI is InChI=1S/C16H22Cl2N2O3S2/c1-25(22,23)20-7-4-13(5-8-20)16(21)19-6-9-24-11-12-2-3-14(17)15(18)10-12/h2-3,10,13H,4-9,11H2,1H3,(H,19,21). The van der Waals surface area contributed by atoms with Crippen LogP contribution in [-0.2, 0) is 20.6 Å². The van der Waals surface area contributed by atoms with Gasteiger partial charge in [0.15, 0.2) is 0 Å². The molecule has 1 amide bonds. The van der Waals surface area contributed by atoms with Gasteiger partial charge in [-0.1, -0.05) is 29.3 Å². The summed E-state index contributed by atoms with van der Waals surface area (Å²) in [6.07, 6.45) is 2.36. The van der Waals surface area contributed by atoms with E-state index in [9.17, 15) is 13.2 Å².